The second kappa shape index (κ2) is 10.5. The summed E-state index contributed by atoms with van der Waals surface area (Å²) in [6.07, 6.45) is 9.97. The Morgan fingerprint density at radius 1 is 1.13 bits per heavy atom. The van der Waals surface area contributed by atoms with Crippen LogP contribution < -0.4 is 0 Å². The highest BCUT2D eigenvalue weighted by Crippen LogP contribution is 2.33. The van der Waals surface area contributed by atoms with Gasteiger partial charge in [-0.05, 0) is 18.3 Å². The van der Waals surface area contributed by atoms with Gasteiger partial charge in [-0.15, -0.1) is 0 Å². The molecule has 15 heavy (non-hydrogen) atoms. The molecule has 1 nitrogen and oxygen atoms in total. The lowest BCUT2D eigenvalue weighted by Crippen LogP contribution is -2.18. The molecule has 0 aromatic carbocycles. The van der Waals surface area contributed by atoms with E-state index in [9.17, 15) is 0 Å². The minimum absolute atomic E-state index is 0.931. The molecular formula is C14H30O. The minimum Gasteiger partial charge on any atom is -0.385 e. The molecule has 0 heterocycles. The Hall–Kier alpha value is -0.0400. The highest BCUT2D eigenvalue weighted by atomic mass is 16.5. The summed E-state index contributed by atoms with van der Waals surface area (Å²) >= 11 is 0. The SMILES string of the molecule is CC.CCC(CCOC)C1CCCCC1. The van der Waals surface area contributed by atoms with Gasteiger partial charge in [-0.2, -0.15) is 0 Å². The molecule has 0 aromatic rings. The third-order valence-electron chi connectivity index (χ3n) is 3.53. The quantitative estimate of drug-likeness (QED) is 0.647. The van der Waals surface area contributed by atoms with E-state index >= 15 is 0 Å². The lowest BCUT2D eigenvalue weighted by atomic mass is 9.77. The Kier molecular flexibility index (Phi) is 10.4. The first-order valence-corrected chi connectivity index (χ1v) is 6.87. The first-order chi connectivity index (χ1) is 7.38. The fourth-order valence-corrected chi connectivity index (χ4v) is 2.65. The fourth-order valence-electron chi connectivity index (χ4n) is 2.65. The molecule has 1 atom stereocenters. The summed E-state index contributed by atoms with van der Waals surface area (Å²) in [6.45, 7) is 7.28. The average Bonchev–Trinajstić information content (AvgIpc) is 2.34. The molecular weight excluding hydrogens is 184 g/mol. The maximum Gasteiger partial charge on any atom is 0.0465 e. The first-order valence-electron chi connectivity index (χ1n) is 6.87. The predicted octanol–water partition coefficient (Wildman–Crippen LogP) is 4.66. The lowest BCUT2D eigenvalue weighted by Gasteiger charge is -2.29. The zero-order valence-corrected chi connectivity index (χ0v) is 11.2. The van der Waals surface area contributed by atoms with Crippen LogP contribution in [-0.2, 0) is 4.74 Å². The van der Waals surface area contributed by atoms with Crippen molar-refractivity contribution in [3.63, 3.8) is 0 Å². The van der Waals surface area contributed by atoms with Gasteiger partial charge in [0.05, 0.1) is 0 Å². The van der Waals surface area contributed by atoms with Crippen molar-refractivity contribution in [2.75, 3.05) is 13.7 Å². The van der Waals surface area contributed by atoms with Gasteiger partial charge < -0.3 is 4.74 Å². The molecule has 0 N–H and O–H groups in total. The topological polar surface area (TPSA) is 9.23 Å². The lowest BCUT2D eigenvalue weighted by molar-refractivity contribution is 0.144. The van der Waals surface area contributed by atoms with Crippen LogP contribution in [0, 0.1) is 11.8 Å². The summed E-state index contributed by atoms with van der Waals surface area (Å²) in [4.78, 5) is 0. The van der Waals surface area contributed by atoms with Gasteiger partial charge in [0.25, 0.3) is 0 Å². The summed E-state index contributed by atoms with van der Waals surface area (Å²) in [6, 6.07) is 0. The molecule has 0 saturated heterocycles. The van der Waals surface area contributed by atoms with Gasteiger partial charge in [0.15, 0.2) is 0 Å². The molecule has 0 amide bonds. The molecule has 0 aromatic heterocycles. The normalized spacial score (nSPS) is 19.2. The Balaban J connectivity index is 0.000000921. The van der Waals surface area contributed by atoms with E-state index in [1.807, 2.05) is 21.0 Å². The molecule has 0 radical (unpaired) electrons. The zero-order chi connectivity index (χ0) is 11.5. The predicted molar refractivity (Wildman–Crippen MR) is 68.2 cm³/mol. The standard InChI is InChI=1S/C12H24O.C2H6/c1-3-11(9-10-13-2)12-7-5-4-6-8-12;1-2/h11-12H,3-10H2,1-2H3;1-2H3. The van der Waals surface area contributed by atoms with Gasteiger partial charge in [-0.1, -0.05) is 59.3 Å². The molecule has 1 rings (SSSR count). The highest BCUT2D eigenvalue weighted by molar-refractivity contribution is 4.73. The Labute approximate surface area is 96.6 Å². The molecule has 0 bridgehead atoms. The molecule has 1 heteroatoms. The van der Waals surface area contributed by atoms with Crippen molar-refractivity contribution in [3.8, 4) is 0 Å². The van der Waals surface area contributed by atoms with E-state index < -0.39 is 0 Å². The highest BCUT2D eigenvalue weighted by Gasteiger charge is 2.21. The van der Waals surface area contributed by atoms with Crippen LogP contribution >= 0.6 is 0 Å². The van der Waals surface area contributed by atoms with Gasteiger partial charge in [0.2, 0.25) is 0 Å². The van der Waals surface area contributed by atoms with Crippen LogP contribution in [0.2, 0.25) is 0 Å². The van der Waals surface area contributed by atoms with Gasteiger partial charge in [0, 0.05) is 13.7 Å². The zero-order valence-electron chi connectivity index (χ0n) is 11.2. The van der Waals surface area contributed by atoms with E-state index in [4.69, 9.17) is 4.74 Å². The van der Waals surface area contributed by atoms with Crippen LogP contribution in [0.3, 0.4) is 0 Å². The third-order valence-corrected chi connectivity index (χ3v) is 3.53. The van der Waals surface area contributed by atoms with E-state index in [2.05, 4.69) is 6.92 Å². The van der Waals surface area contributed by atoms with Gasteiger partial charge >= 0.3 is 0 Å². The largest absolute Gasteiger partial charge is 0.385 e. The van der Waals surface area contributed by atoms with E-state index in [0.29, 0.717) is 0 Å². The molecule has 1 aliphatic carbocycles. The van der Waals surface area contributed by atoms with Crippen LogP contribution in [-0.4, -0.2) is 13.7 Å². The van der Waals surface area contributed by atoms with Gasteiger partial charge in [-0.3, -0.25) is 0 Å². The van der Waals surface area contributed by atoms with E-state index in [-0.39, 0.29) is 0 Å². The molecule has 1 saturated carbocycles. The fraction of sp³-hybridized carbons (Fsp3) is 1.00. The molecule has 1 fully saturated rings. The summed E-state index contributed by atoms with van der Waals surface area (Å²) in [5, 5.41) is 0. The van der Waals surface area contributed by atoms with Crippen LogP contribution in [0.15, 0.2) is 0 Å². The van der Waals surface area contributed by atoms with Crippen molar-refractivity contribution in [3.05, 3.63) is 0 Å². The summed E-state index contributed by atoms with van der Waals surface area (Å²) in [5.74, 6) is 1.94. The monoisotopic (exact) mass is 214 g/mol. The van der Waals surface area contributed by atoms with Crippen molar-refractivity contribution in [1.82, 2.24) is 0 Å². The number of ether oxygens (including phenoxy) is 1. The number of hydrogen-bond donors (Lipinski definition) is 0. The van der Waals surface area contributed by atoms with Gasteiger partial charge in [0.1, 0.15) is 0 Å². The maximum absolute atomic E-state index is 5.16. The number of hydrogen-bond acceptors (Lipinski definition) is 1. The van der Waals surface area contributed by atoms with E-state index in [0.717, 1.165) is 18.4 Å². The Bertz CT molecular complexity index is 117. The van der Waals surface area contributed by atoms with Crippen LogP contribution in [0.4, 0.5) is 0 Å². The third kappa shape index (κ3) is 6.19. The first kappa shape index (κ1) is 15.0. The van der Waals surface area contributed by atoms with Crippen molar-refractivity contribution < 1.29 is 4.74 Å². The number of rotatable bonds is 5. The Morgan fingerprint density at radius 2 is 1.73 bits per heavy atom. The smallest absolute Gasteiger partial charge is 0.0465 e. The molecule has 92 valence electrons. The van der Waals surface area contributed by atoms with E-state index in [1.54, 1.807) is 0 Å². The van der Waals surface area contributed by atoms with Crippen molar-refractivity contribution in [2.24, 2.45) is 11.8 Å². The average molecular weight is 214 g/mol. The van der Waals surface area contributed by atoms with Crippen LogP contribution in [0.5, 0.6) is 0 Å². The summed E-state index contributed by atoms with van der Waals surface area (Å²) in [5.41, 5.74) is 0. The minimum atomic E-state index is 0.931. The van der Waals surface area contributed by atoms with Crippen LogP contribution in [0.1, 0.15) is 65.7 Å². The molecule has 1 unspecified atom stereocenters. The molecule has 0 spiro atoms. The molecule has 0 aliphatic heterocycles. The second-order valence-corrected chi connectivity index (χ2v) is 4.35. The van der Waals surface area contributed by atoms with E-state index in [1.165, 1.54) is 44.9 Å². The summed E-state index contributed by atoms with van der Waals surface area (Å²) < 4.78 is 5.16. The summed E-state index contributed by atoms with van der Waals surface area (Å²) in [7, 11) is 1.81. The molecule has 1 aliphatic rings. The van der Waals surface area contributed by atoms with Crippen molar-refractivity contribution in [1.29, 1.82) is 0 Å². The van der Waals surface area contributed by atoms with Crippen LogP contribution in [0.25, 0.3) is 0 Å². The maximum atomic E-state index is 5.16. The van der Waals surface area contributed by atoms with Crippen molar-refractivity contribution >= 4 is 0 Å². The van der Waals surface area contributed by atoms with Crippen molar-refractivity contribution in [2.45, 2.75) is 65.7 Å². The van der Waals surface area contributed by atoms with Gasteiger partial charge in [-0.25, -0.2) is 0 Å². The second-order valence-electron chi connectivity index (χ2n) is 4.35. The number of methoxy groups -OCH3 is 1. The Morgan fingerprint density at radius 3 is 2.20 bits per heavy atom.